The summed E-state index contributed by atoms with van der Waals surface area (Å²) in [5.74, 6) is -0.293. The van der Waals surface area contributed by atoms with Gasteiger partial charge in [0.25, 0.3) is 0 Å². The smallest absolute Gasteiger partial charge is 0.463 e. The molecule has 0 spiro atoms. The molecule has 0 rings (SSSR count). The van der Waals surface area contributed by atoms with Gasteiger partial charge in [-0.1, -0.05) is 32.6 Å². The highest BCUT2D eigenvalue weighted by molar-refractivity contribution is 7.45. The van der Waals surface area contributed by atoms with E-state index in [0.29, 0.717) is 6.42 Å². The zero-order valence-corrected chi connectivity index (χ0v) is 12.5. The molecular weight excluding hydrogens is 291 g/mol. The Morgan fingerprint density at radius 1 is 1.15 bits per heavy atom. The molecule has 1 atom stereocenters. The molecule has 0 saturated heterocycles. The maximum atomic E-state index is 11.1. The number of aliphatic hydroxyl groups excluding tert-OH is 2. The van der Waals surface area contributed by atoms with Crippen LogP contribution in [-0.4, -0.2) is 50.2 Å². The number of hydrogen-bond acceptors (Lipinski definition) is 5. The van der Waals surface area contributed by atoms with E-state index in [4.69, 9.17) is 34.2 Å². The first-order valence-corrected chi connectivity index (χ1v) is 8.00. The lowest BCUT2D eigenvalue weighted by Crippen LogP contribution is -2.21. The number of hydrogen-bond donors (Lipinski definition) is 5. The summed E-state index contributed by atoms with van der Waals surface area (Å²) in [5.41, 5.74) is 0. The van der Waals surface area contributed by atoms with Gasteiger partial charge in [-0.15, -0.1) is 0 Å². The highest BCUT2D eigenvalue weighted by Crippen LogP contribution is 2.25. The molecule has 5 N–H and O–H groups in total. The zero-order chi connectivity index (χ0) is 16.0. The number of ether oxygens (including phenoxy) is 1. The lowest BCUT2D eigenvalue weighted by molar-refractivity contribution is -0.147. The van der Waals surface area contributed by atoms with Gasteiger partial charge in [-0.3, -0.25) is 4.79 Å². The van der Waals surface area contributed by atoms with Crippen LogP contribution in [0.2, 0.25) is 0 Å². The van der Waals surface area contributed by atoms with Gasteiger partial charge >= 0.3 is 13.8 Å². The molecule has 1 unspecified atom stereocenters. The monoisotopic (exact) mass is 316 g/mol. The Morgan fingerprint density at radius 2 is 1.65 bits per heavy atom. The third kappa shape index (κ3) is 26.1. The summed E-state index contributed by atoms with van der Waals surface area (Å²) < 4.78 is 13.6. The van der Waals surface area contributed by atoms with Crippen LogP contribution in [-0.2, 0) is 14.1 Å². The van der Waals surface area contributed by atoms with Crippen molar-refractivity contribution in [1.82, 2.24) is 0 Å². The first-order chi connectivity index (χ1) is 9.20. The van der Waals surface area contributed by atoms with Gasteiger partial charge in [0.2, 0.25) is 0 Å². The molecule has 0 heterocycles. The van der Waals surface area contributed by atoms with E-state index in [2.05, 4.69) is 6.92 Å². The van der Waals surface area contributed by atoms with Crippen molar-refractivity contribution in [2.24, 2.45) is 0 Å². The normalized spacial score (nSPS) is 12.3. The van der Waals surface area contributed by atoms with Crippen molar-refractivity contribution in [3.05, 3.63) is 0 Å². The molecule has 0 fully saturated rings. The molecule has 0 radical (unpaired) electrons. The predicted octanol–water partition coefficient (Wildman–Crippen LogP) is 0.315. The van der Waals surface area contributed by atoms with Crippen LogP contribution in [0, 0.1) is 0 Å². The van der Waals surface area contributed by atoms with E-state index in [1.165, 1.54) is 12.8 Å². The summed E-state index contributed by atoms with van der Waals surface area (Å²) >= 11 is 0. The summed E-state index contributed by atoms with van der Waals surface area (Å²) in [6.45, 7) is 1.67. The van der Waals surface area contributed by atoms with E-state index in [0.717, 1.165) is 19.3 Å². The Balaban J connectivity index is 0. The van der Waals surface area contributed by atoms with Crippen LogP contribution in [0.4, 0.5) is 0 Å². The largest absolute Gasteiger partial charge is 0.466 e. The van der Waals surface area contributed by atoms with Gasteiger partial charge in [0.05, 0.1) is 6.61 Å². The molecule has 0 bridgehead atoms. The number of phosphoric acid groups is 1. The molecule has 0 aliphatic rings. The Kier molecular flexibility index (Phi) is 14.7. The first-order valence-electron chi connectivity index (χ1n) is 6.43. The van der Waals surface area contributed by atoms with E-state index in [1.54, 1.807) is 0 Å². The molecule has 0 aromatic rings. The highest BCUT2D eigenvalue weighted by atomic mass is 31.2. The Bertz CT molecular complexity index is 269. The molecule has 0 saturated carbocycles. The van der Waals surface area contributed by atoms with Crippen LogP contribution in [0.1, 0.15) is 45.4 Å². The number of rotatable bonds is 9. The molecular formula is C11H25O8P. The third-order valence-electron chi connectivity index (χ3n) is 2.13. The van der Waals surface area contributed by atoms with Crippen molar-refractivity contribution < 1.29 is 39.0 Å². The van der Waals surface area contributed by atoms with Crippen molar-refractivity contribution in [3.8, 4) is 0 Å². The minimum absolute atomic E-state index is 0.107. The fourth-order valence-electron chi connectivity index (χ4n) is 1.19. The molecule has 9 heteroatoms. The van der Waals surface area contributed by atoms with Gasteiger partial charge in [-0.05, 0) is 6.42 Å². The van der Waals surface area contributed by atoms with E-state index in [-0.39, 0.29) is 19.2 Å². The van der Waals surface area contributed by atoms with Gasteiger partial charge < -0.3 is 29.6 Å². The highest BCUT2D eigenvalue weighted by Gasteiger charge is 2.07. The molecule has 0 aromatic carbocycles. The van der Waals surface area contributed by atoms with Crippen molar-refractivity contribution in [2.75, 3.05) is 13.2 Å². The maximum Gasteiger partial charge on any atom is 0.466 e. The minimum Gasteiger partial charge on any atom is -0.463 e. The lowest BCUT2D eigenvalue weighted by atomic mass is 10.1. The molecule has 0 aromatic heterocycles. The van der Waals surface area contributed by atoms with E-state index in [9.17, 15) is 4.79 Å². The molecule has 0 aliphatic carbocycles. The number of esters is 1. The minimum atomic E-state index is -4.64. The Morgan fingerprint density at radius 3 is 2.10 bits per heavy atom. The number of carbonyl (C=O) groups is 1. The van der Waals surface area contributed by atoms with Crippen LogP contribution in [0.5, 0.6) is 0 Å². The van der Waals surface area contributed by atoms with Crippen LogP contribution in [0.3, 0.4) is 0 Å². The first kappa shape index (κ1) is 21.8. The SMILES string of the molecule is CCCCCCCC(=O)OCC(O)CO.O=P(O)(O)O. The Hall–Kier alpha value is -0.500. The number of carbonyl (C=O) groups excluding carboxylic acids is 1. The summed E-state index contributed by atoms with van der Waals surface area (Å²) in [6, 6.07) is 0. The van der Waals surface area contributed by atoms with Gasteiger partial charge in [0, 0.05) is 6.42 Å². The van der Waals surface area contributed by atoms with Crippen LogP contribution < -0.4 is 0 Å². The average Bonchev–Trinajstić information content (AvgIpc) is 2.33. The standard InChI is InChI=1S/C11H22O4.H3O4P/c1-2-3-4-5-6-7-11(14)15-9-10(13)8-12;1-5(2,3)4/h10,12-13H,2-9H2,1H3;(H3,1,2,3,4). The quantitative estimate of drug-likeness (QED) is 0.232. The van der Waals surface area contributed by atoms with Crippen molar-refractivity contribution >= 4 is 13.8 Å². The fraction of sp³-hybridized carbons (Fsp3) is 0.909. The summed E-state index contributed by atoms with van der Waals surface area (Å²) in [5, 5.41) is 17.4. The van der Waals surface area contributed by atoms with E-state index < -0.39 is 13.9 Å². The van der Waals surface area contributed by atoms with Gasteiger partial charge in [-0.25, -0.2) is 4.57 Å². The van der Waals surface area contributed by atoms with Crippen LogP contribution >= 0.6 is 7.82 Å². The molecule has 122 valence electrons. The molecule has 20 heavy (non-hydrogen) atoms. The van der Waals surface area contributed by atoms with Gasteiger partial charge in [0.1, 0.15) is 12.7 Å². The summed E-state index contributed by atoms with van der Waals surface area (Å²) in [6.07, 6.45) is 4.89. The predicted molar refractivity (Wildman–Crippen MR) is 71.7 cm³/mol. The van der Waals surface area contributed by atoms with Crippen molar-refractivity contribution in [3.63, 3.8) is 0 Å². The second kappa shape index (κ2) is 13.5. The molecule has 8 nitrogen and oxygen atoms in total. The van der Waals surface area contributed by atoms with Gasteiger partial charge in [0.15, 0.2) is 0 Å². The van der Waals surface area contributed by atoms with Gasteiger partial charge in [-0.2, -0.15) is 0 Å². The van der Waals surface area contributed by atoms with E-state index in [1.807, 2.05) is 0 Å². The topological polar surface area (TPSA) is 145 Å². The second-order valence-corrected chi connectivity index (χ2v) is 5.22. The second-order valence-electron chi connectivity index (χ2n) is 4.20. The molecule has 0 amide bonds. The summed E-state index contributed by atoms with van der Waals surface area (Å²) in [4.78, 5) is 32.6. The number of unbranched alkanes of at least 4 members (excludes halogenated alkanes) is 4. The van der Waals surface area contributed by atoms with Crippen LogP contribution in [0.15, 0.2) is 0 Å². The van der Waals surface area contributed by atoms with E-state index >= 15 is 0 Å². The fourth-order valence-corrected chi connectivity index (χ4v) is 1.19. The zero-order valence-electron chi connectivity index (χ0n) is 11.6. The van der Waals surface area contributed by atoms with Crippen LogP contribution in [0.25, 0.3) is 0 Å². The lowest BCUT2D eigenvalue weighted by Gasteiger charge is -2.08. The number of aliphatic hydroxyl groups is 2. The Labute approximate surface area is 118 Å². The third-order valence-corrected chi connectivity index (χ3v) is 2.13. The average molecular weight is 316 g/mol. The maximum absolute atomic E-state index is 11.1. The molecule has 0 aliphatic heterocycles. The van der Waals surface area contributed by atoms with Crippen molar-refractivity contribution in [1.29, 1.82) is 0 Å². The summed E-state index contributed by atoms with van der Waals surface area (Å²) in [7, 11) is -4.64. The van der Waals surface area contributed by atoms with Crippen molar-refractivity contribution in [2.45, 2.75) is 51.6 Å².